The summed E-state index contributed by atoms with van der Waals surface area (Å²) in [4.78, 5) is 13.0. The van der Waals surface area contributed by atoms with Gasteiger partial charge in [-0.1, -0.05) is 68.1 Å². The van der Waals surface area contributed by atoms with Crippen LogP contribution < -0.4 is 14.4 Å². The van der Waals surface area contributed by atoms with Gasteiger partial charge >= 0.3 is 0 Å². The highest BCUT2D eigenvalue weighted by molar-refractivity contribution is 7.92. The van der Waals surface area contributed by atoms with Gasteiger partial charge in [0, 0.05) is 6.04 Å². The Bertz CT molecular complexity index is 970. The normalized spacial score (nSPS) is 20.0. The highest BCUT2D eigenvalue weighted by Gasteiger charge is 2.37. The molecule has 0 spiro atoms. The fourth-order valence-corrected chi connectivity index (χ4v) is 5.77. The summed E-state index contributed by atoms with van der Waals surface area (Å²) in [5.41, 5.74) is 1.19. The summed E-state index contributed by atoms with van der Waals surface area (Å²) in [6, 6.07) is 16.2. The molecule has 1 N–H and O–H groups in total. The number of ether oxygens (including phenoxy) is 1. The molecule has 1 aliphatic carbocycles. The van der Waals surface area contributed by atoms with Crippen LogP contribution in [0.3, 0.4) is 0 Å². The predicted molar refractivity (Wildman–Crippen MR) is 117 cm³/mol. The molecule has 0 unspecified atom stereocenters. The van der Waals surface area contributed by atoms with Crippen LogP contribution >= 0.6 is 0 Å². The monoisotopic (exact) mass is 428 g/mol. The zero-order chi connectivity index (χ0) is 21.0. The molecule has 30 heavy (non-hydrogen) atoms. The summed E-state index contributed by atoms with van der Waals surface area (Å²) in [6.07, 6.45) is 5.67. The lowest BCUT2D eigenvalue weighted by atomic mass is 10.1. The molecule has 2 aromatic carbocycles. The van der Waals surface area contributed by atoms with Gasteiger partial charge in [0.1, 0.15) is 5.75 Å². The van der Waals surface area contributed by atoms with Crippen molar-refractivity contribution >= 4 is 21.6 Å². The maximum atomic E-state index is 13.3. The van der Waals surface area contributed by atoms with Gasteiger partial charge in [0.05, 0.1) is 18.0 Å². The molecule has 1 amide bonds. The molecule has 1 atom stereocenters. The number of para-hydroxylation sites is 2. The lowest BCUT2D eigenvalue weighted by Crippen LogP contribution is -2.52. The first-order valence-corrected chi connectivity index (χ1v) is 12.2. The van der Waals surface area contributed by atoms with Crippen molar-refractivity contribution in [3.63, 3.8) is 0 Å². The maximum absolute atomic E-state index is 13.3. The van der Waals surface area contributed by atoms with Gasteiger partial charge in [-0.2, -0.15) is 0 Å². The zero-order valence-corrected chi connectivity index (χ0v) is 17.8. The molecule has 2 aliphatic rings. The first kappa shape index (κ1) is 20.7. The van der Waals surface area contributed by atoms with Crippen molar-refractivity contribution in [2.45, 2.75) is 56.4 Å². The second kappa shape index (κ2) is 9.08. The number of carbonyl (C=O) groups excluding carboxylic acids is 1. The Labute approximate surface area is 178 Å². The topological polar surface area (TPSA) is 75.7 Å². The second-order valence-electron chi connectivity index (χ2n) is 8.04. The van der Waals surface area contributed by atoms with E-state index in [1.165, 1.54) is 17.1 Å². The van der Waals surface area contributed by atoms with E-state index < -0.39 is 16.1 Å². The fourth-order valence-electron chi connectivity index (χ4n) is 4.18. The van der Waals surface area contributed by atoms with Crippen LogP contribution in [0, 0.1) is 0 Å². The molecule has 160 valence electrons. The quantitative estimate of drug-likeness (QED) is 0.738. The van der Waals surface area contributed by atoms with E-state index in [9.17, 15) is 13.2 Å². The lowest BCUT2D eigenvalue weighted by Gasteiger charge is -2.35. The molecule has 0 radical (unpaired) electrons. The number of carbonyl (C=O) groups is 1. The standard InChI is InChI=1S/C23H28N2O4S/c26-23(24-19-12-6-1-2-7-13-19)22-16-25(20-14-8-9-15-21(20)29-22)30(27,28)17-18-10-4-3-5-11-18/h3-5,8-11,14-15,19,22H,1-2,6-7,12-13,16-17H2,(H,24,26)/t22-/m1/s1. The summed E-state index contributed by atoms with van der Waals surface area (Å²) < 4.78 is 33.8. The molecule has 1 heterocycles. The number of nitrogens with zero attached hydrogens (tertiary/aromatic N) is 1. The summed E-state index contributed by atoms with van der Waals surface area (Å²) in [6.45, 7) is -0.0231. The average Bonchev–Trinajstić information content (AvgIpc) is 3.02. The molecule has 1 saturated carbocycles. The minimum absolute atomic E-state index is 0.0231. The Morgan fingerprint density at radius 1 is 0.967 bits per heavy atom. The molecule has 0 aromatic heterocycles. The minimum atomic E-state index is -3.68. The van der Waals surface area contributed by atoms with Crippen molar-refractivity contribution < 1.29 is 17.9 Å². The third-order valence-electron chi connectivity index (χ3n) is 5.76. The molecular formula is C23H28N2O4S. The number of amides is 1. The molecule has 1 fully saturated rings. The predicted octanol–water partition coefficient (Wildman–Crippen LogP) is 3.62. The van der Waals surface area contributed by atoms with E-state index in [1.807, 2.05) is 18.2 Å². The third-order valence-corrected chi connectivity index (χ3v) is 7.47. The van der Waals surface area contributed by atoms with Crippen LogP contribution in [0.15, 0.2) is 54.6 Å². The van der Waals surface area contributed by atoms with Gasteiger partial charge in [0.25, 0.3) is 5.91 Å². The number of benzene rings is 2. The van der Waals surface area contributed by atoms with Gasteiger partial charge in [-0.25, -0.2) is 8.42 Å². The molecule has 0 saturated heterocycles. The van der Waals surface area contributed by atoms with E-state index in [-0.39, 0.29) is 24.2 Å². The van der Waals surface area contributed by atoms with Crippen LogP contribution in [0.25, 0.3) is 0 Å². The number of nitrogens with one attached hydrogen (secondary N) is 1. The fraction of sp³-hybridized carbons (Fsp3) is 0.435. The largest absolute Gasteiger partial charge is 0.476 e. The van der Waals surface area contributed by atoms with Crippen LogP contribution in [-0.2, 0) is 20.6 Å². The van der Waals surface area contributed by atoms with E-state index in [1.54, 1.807) is 36.4 Å². The van der Waals surface area contributed by atoms with E-state index in [4.69, 9.17) is 4.74 Å². The Morgan fingerprint density at radius 2 is 1.63 bits per heavy atom. The average molecular weight is 429 g/mol. The van der Waals surface area contributed by atoms with Gasteiger partial charge < -0.3 is 10.1 Å². The Hall–Kier alpha value is -2.54. The zero-order valence-electron chi connectivity index (χ0n) is 17.0. The number of hydrogen-bond acceptors (Lipinski definition) is 4. The molecule has 7 heteroatoms. The van der Waals surface area contributed by atoms with E-state index >= 15 is 0 Å². The van der Waals surface area contributed by atoms with Crippen molar-refractivity contribution in [1.29, 1.82) is 0 Å². The summed E-state index contributed by atoms with van der Waals surface area (Å²) in [5.74, 6) is 0.0526. The summed E-state index contributed by atoms with van der Waals surface area (Å²) in [7, 11) is -3.68. The Kier molecular flexibility index (Phi) is 6.27. The van der Waals surface area contributed by atoms with E-state index in [0.29, 0.717) is 17.0 Å². The molecule has 6 nitrogen and oxygen atoms in total. The molecule has 2 aromatic rings. The molecule has 0 bridgehead atoms. The Morgan fingerprint density at radius 3 is 2.37 bits per heavy atom. The lowest BCUT2D eigenvalue weighted by molar-refractivity contribution is -0.128. The highest BCUT2D eigenvalue weighted by atomic mass is 32.2. The maximum Gasteiger partial charge on any atom is 0.263 e. The van der Waals surface area contributed by atoms with E-state index in [2.05, 4.69) is 5.32 Å². The highest BCUT2D eigenvalue weighted by Crippen LogP contribution is 2.36. The van der Waals surface area contributed by atoms with Gasteiger partial charge in [-0.3, -0.25) is 9.10 Å². The SMILES string of the molecule is O=C(NC1CCCCCC1)[C@H]1CN(S(=O)(=O)Cc2ccccc2)c2ccccc2O1. The van der Waals surface area contributed by atoms with Crippen LogP contribution in [0.4, 0.5) is 5.69 Å². The minimum Gasteiger partial charge on any atom is -0.476 e. The number of sulfonamides is 1. The molecular weight excluding hydrogens is 400 g/mol. The van der Waals surface area contributed by atoms with Crippen LogP contribution in [0.1, 0.15) is 44.1 Å². The first-order chi connectivity index (χ1) is 14.5. The van der Waals surface area contributed by atoms with Crippen molar-refractivity contribution in [2.75, 3.05) is 10.8 Å². The third kappa shape index (κ3) is 4.78. The van der Waals surface area contributed by atoms with Crippen LogP contribution in [0.2, 0.25) is 0 Å². The van der Waals surface area contributed by atoms with Gasteiger partial charge in [0.15, 0.2) is 6.10 Å². The van der Waals surface area contributed by atoms with E-state index in [0.717, 1.165) is 25.7 Å². The van der Waals surface area contributed by atoms with Gasteiger partial charge in [-0.15, -0.1) is 0 Å². The van der Waals surface area contributed by atoms with Crippen LogP contribution in [-0.4, -0.2) is 33.0 Å². The smallest absolute Gasteiger partial charge is 0.263 e. The van der Waals surface area contributed by atoms with Crippen molar-refractivity contribution in [3.8, 4) is 5.75 Å². The number of anilines is 1. The van der Waals surface area contributed by atoms with Gasteiger partial charge in [0.2, 0.25) is 10.0 Å². The first-order valence-electron chi connectivity index (χ1n) is 10.6. The summed E-state index contributed by atoms with van der Waals surface area (Å²) in [5, 5.41) is 3.10. The number of fused-ring (bicyclic) bond motifs is 1. The van der Waals surface area contributed by atoms with Crippen molar-refractivity contribution in [3.05, 3.63) is 60.2 Å². The van der Waals surface area contributed by atoms with Crippen molar-refractivity contribution in [1.82, 2.24) is 5.32 Å². The number of rotatable bonds is 5. The number of hydrogen-bond donors (Lipinski definition) is 1. The second-order valence-corrected chi connectivity index (χ2v) is 9.94. The molecule has 4 rings (SSSR count). The molecule has 1 aliphatic heterocycles. The van der Waals surface area contributed by atoms with Crippen LogP contribution in [0.5, 0.6) is 5.75 Å². The summed E-state index contributed by atoms with van der Waals surface area (Å²) >= 11 is 0. The van der Waals surface area contributed by atoms with Gasteiger partial charge in [-0.05, 0) is 30.5 Å². The Balaban J connectivity index is 1.55. The van der Waals surface area contributed by atoms with Crippen molar-refractivity contribution in [2.24, 2.45) is 0 Å².